The average molecular weight is 253 g/mol. The van der Waals surface area contributed by atoms with Crippen LogP contribution in [0.3, 0.4) is 0 Å². The van der Waals surface area contributed by atoms with Gasteiger partial charge in [0.05, 0.1) is 6.54 Å². The molecule has 104 valence electrons. The van der Waals surface area contributed by atoms with E-state index in [4.69, 9.17) is 0 Å². The molecule has 2 aliphatic heterocycles. The van der Waals surface area contributed by atoms with Crippen molar-refractivity contribution in [2.24, 2.45) is 11.8 Å². The molecule has 2 N–H and O–H groups in total. The Kier molecular flexibility index (Phi) is 5.45. The van der Waals surface area contributed by atoms with Gasteiger partial charge in [-0.1, -0.05) is 6.92 Å². The van der Waals surface area contributed by atoms with Crippen molar-refractivity contribution in [1.29, 1.82) is 0 Å². The lowest BCUT2D eigenvalue weighted by Crippen LogP contribution is -2.44. The van der Waals surface area contributed by atoms with E-state index in [1.165, 1.54) is 25.7 Å². The number of hydrogen-bond acceptors (Lipinski definition) is 3. The van der Waals surface area contributed by atoms with Crippen molar-refractivity contribution < 1.29 is 4.79 Å². The second-order valence-electron chi connectivity index (χ2n) is 5.98. The zero-order valence-electron chi connectivity index (χ0n) is 11.6. The Bertz CT molecular complexity index is 256. The largest absolute Gasteiger partial charge is 0.355 e. The lowest BCUT2D eigenvalue weighted by molar-refractivity contribution is -0.122. The number of nitrogens with zero attached hydrogens (tertiary/aromatic N) is 1. The Hall–Kier alpha value is -0.610. The van der Waals surface area contributed by atoms with Gasteiger partial charge in [-0.3, -0.25) is 9.69 Å². The molecule has 2 aliphatic rings. The first-order chi connectivity index (χ1) is 8.74. The highest BCUT2D eigenvalue weighted by atomic mass is 16.2. The molecule has 0 saturated carbocycles. The second kappa shape index (κ2) is 7.10. The molecule has 1 atom stereocenters. The molecule has 0 aromatic carbocycles. The number of amides is 1. The van der Waals surface area contributed by atoms with Gasteiger partial charge in [0.2, 0.25) is 5.91 Å². The van der Waals surface area contributed by atoms with Gasteiger partial charge in [-0.05, 0) is 63.7 Å². The van der Waals surface area contributed by atoms with E-state index < -0.39 is 0 Å². The average Bonchev–Trinajstić information content (AvgIpc) is 2.40. The minimum absolute atomic E-state index is 0.204. The van der Waals surface area contributed by atoms with Crippen LogP contribution in [0, 0.1) is 11.8 Å². The summed E-state index contributed by atoms with van der Waals surface area (Å²) in [6, 6.07) is 0. The van der Waals surface area contributed by atoms with Gasteiger partial charge in [0.25, 0.3) is 0 Å². The number of hydrogen-bond donors (Lipinski definition) is 2. The van der Waals surface area contributed by atoms with Crippen molar-refractivity contribution in [3.05, 3.63) is 0 Å². The summed E-state index contributed by atoms with van der Waals surface area (Å²) < 4.78 is 0. The molecule has 2 rings (SSSR count). The molecule has 4 heteroatoms. The number of nitrogens with one attached hydrogen (secondary N) is 2. The van der Waals surface area contributed by atoms with Crippen LogP contribution in [-0.2, 0) is 4.79 Å². The molecule has 2 saturated heterocycles. The lowest BCUT2D eigenvalue weighted by atomic mass is 9.99. The summed E-state index contributed by atoms with van der Waals surface area (Å²) in [4.78, 5) is 14.1. The van der Waals surface area contributed by atoms with Crippen molar-refractivity contribution in [3.63, 3.8) is 0 Å². The van der Waals surface area contributed by atoms with Gasteiger partial charge in [-0.25, -0.2) is 0 Å². The molecule has 2 heterocycles. The summed E-state index contributed by atoms with van der Waals surface area (Å²) in [6.45, 7) is 8.09. The van der Waals surface area contributed by atoms with Gasteiger partial charge < -0.3 is 10.6 Å². The quantitative estimate of drug-likeness (QED) is 0.780. The monoisotopic (exact) mass is 253 g/mol. The molecule has 2 fully saturated rings. The van der Waals surface area contributed by atoms with Crippen LogP contribution in [0.25, 0.3) is 0 Å². The van der Waals surface area contributed by atoms with Crippen LogP contribution in [0.2, 0.25) is 0 Å². The van der Waals surface area contributed by atoms with Crippen LogP contribution in [0.5, 0.6) is 0 Å². The van der Waals surface area contributed by atoms with Crippen LogP contribution in [-0.4, -0.2) is 50.1 Å². The smallest absolute Gasteiger partial charge is 0.234 e. The fourth-order valence-corrected chi connectivity index (χ4v) is 2.84. The summed E-state index contributed by atoms with van der Waals surface area (Å²) in [5.41, 5.74) is 0. The Labute approximate surface area is 110 Å². The first-order valence-corrected chi connectivity index (χ1v) is 7.44. The molecule has 0 bridgehead atoms. The fraction of sp³-hybridized carbons (Fsp3) is 0.929. The van der Waals surface area contributed by atoms with Crippen LogP contribution < -0.4 is 10.6 Å². The maximum Gasteiger partial charge on any atom is 0.234 e. The van der Waals surface area contributed by atoms with Crippen LogP contribution in [0.15, 0.2) is 0 Å². The molecular weight excluding hydrogens is 226 g/mol. The minimum atomic E-state index is 0.204. The van der Waals surface area contributed by atoms with Gasteiger partial charge >= 0.3 is 0 Å². The van der Waals surface area contributed by atoms with E-state index in [0.29, 0.717) is 12.5 Å². The van der Waals surface area contributed by atoms with Gasteiger partial charge in [0.15, 0.2) is 0 Å². The molecule has 0 spiro atoms. The van der Waals surface area contributed by atoms with Gasteiger partial charge in [0, 0.05) is 6.54 Å². The third-order valence-corrected chi connectivity index (χ3v) is 4.23. The lowest BCUT2D eigenvalue weighted by Gasteiger charge is -2.30. The topological polar surface area (TPSA) is 44.4 Å². The second-order valence-corrected chi connectivity index (χ2v) is 5.98. The van der Waals surface area contributed by atoms with E-state index >= 15 is 0 Å². The van der Waals surface area contributed by atoms with Gasteiger partial charge in [-0.2, -0.15) is 0 Å². The highest BCUT2D eigenvalue weighted by Crippen LogP contribution is 2.15. The SMILES string of the molecule is CC1CCN(CC(=O)NCC2CCCNC2)CC1. The molecule has 18 heavy (non-hydrogen) atoms. The van der Waals surface area contributed by atoms with Gasteiger partial charge in [-0.15, -0.1) is 0 Å². The maximum atomic E-state index is 11.9. The molecule has 1 unspecified atom stereocenters. The fourth-order valence-electron chi connectivity index (χ4n) is 2.84. The van der Waals surface area contributed by atoms with Crippen molar-refractivity contribution in [2.45, 2.75) is 32.6 Å². The molecule has 1 amide bonds. The summed E-state index contributed by atoms with van der Waals surface area (Å²) >= 11 is 0. The Morgan fingerprint density at radius 1 is 1.33 bits per heavy atom. The van der Waals surface area contributed by atoms with E-state index in [0.717, 1.165) is 38.6 Å². The maximum absolute atomic E-state index is 11.9. The van der Waals surface area contributed by atoms with E-state index in [1.807, 2.05) is 0 Å². The van der Waals surface area contributed by atoms with Crippen molar-refractivity contribution in [1.82, 2.24) is 15.5 Å². The third kappa shape index (κ3) is 4.58. The molecule has 0 radical (unpaired) electrons. The summed E-state index contributed by atoms with van der Waals surface area (Å²) in [5.74, 6) is 1.66. The summed E-state index contributed by atoms with van der Waals surface area (Å²) in [5, 5.41) is 6.47. The Morgan fingerprint density at radius 3 is 2.78 bits per heavy atom. The summed E-state index contributed by atoms with van der Waals surface area (Å²) in [6.07, 6.45) is 4.96. The molecule has 0 aromatic rings. The Morgan fingerprint density at radius 2 is 2.11 bits per heavy atom. The molecule has 0 aliphatic carbocycles. The van der Waals surface area contributed by atoms with Gasteiger partial charge in [0.1, 0.15) is 0 Å². The van der Waals surface area contributed by atoms with E-state index in [2.05, 4.69) is 22.5 Å². The Balaban J connectivity index is 1.59. The number of rotatable bonds is 4. The summed E-state index contributed by atoms with van der Waals surface area (Å²) in [7, 11) is 0. The van der Waals surface area contributed by atoms with Crippen LogP contribution >= 0.6 is 0 Å². The molecular formula is C14H27N3O. The van der Waals surface area contributed by atoms with Crippen molar-refractivity contribution in [2.75, 3.05) is 39.3 Å². The zero-order chi connectivity index (χ0) is 12.8. The minimum Gasteiger partial charge on any atom is -0.355 e. The number of carbonyl (C=O) groups is 1. The number of likely N-dealkylation sites (tertiary alicyclic amines) is 1. The highest BCUT2D eigenvalue weighted by molar-refractivity contribution is 5.78. The van der Waals surface area contributed by atoms with Crippen molar-refractivity contribution >= 4 is 5.91 Å². The standard InChI is InChI=1S/C14H27N3O/c1-12-4-7-17(8-5-12)11-14(18)16-10-13-3-2-6-15-9-13/h12-13,15H,2-11H2,1H3,(H,16,18). The third-order valence-electron chi connectivity index (χ3n) is 4.23. The zero-order valence-corrected chi connectivity index (χ0v) is 11.6. The predicted molar refractivity (Wildman–Crippen MR) is 73.4 cm³/mol. The first-order valence-electron chi connectivity index (χ1n) is 7.44. The van der Waals surface area contributed by atoms with E-state index in [9.17, 15) is 4.79 Å². The molecule has 0 aromatic heterocycles. The molecule has 4 nitrogen and oxygen atoms in total. The van der Waals surface area contributed by atoms with Crippen LogP contribution in [0.4, 0.5) is 0 Å². The highest BCUT2D eigenvalue weighted by Gasteiger charge is 2.19. The van der Waals surface area contributed by atoms with E-state index in [1.54, 1.807) is 0 Å². The first kappa shape index (κ1) is 13.8. The predicted octanol–water partition coefficient (Wildman–Crippen LogP) is 0.834. The van der Waals surface area contributed by atoms with E-state index in [-0.39, 0.29) is 5.91 Å². The number of piperidine rings is 2. The van der Waals surface area contributed by atoms with Crippen LogP contribution in [0.1, 0.15) is 32.6 Å². The van der Waals surface area contributed by atoms with Crippen molar-refractivity contribution in [3.8, 4) is 0 Å². The number of carbonyl (C=O) groups excluding carboxylic acids is 1. The normalized spacial score (nSPS) is 27.1.